The summed E-state index contributed by atoms with van der Waals surface area (Å²) in [4.78, 5) is 24.0. The second kappa shape index (κ2) is 20.6. The molecule has 0 saturated heterocycles. The third kappa shape index (κ3) is 13.6. The molecule has 0 heterocycles. The lowest BCUT2D eigenvalue weighted by Crippen LogP contribution is -2.38. The van der Waals surface area contributed by atoms with Crippen molar-refractivity contribution < 1.29 is 24.2 Å². The van der Waals surface area contributed by atoms with Gasteiger partial charge in [0.25, 0.3) is 0 Å². The highest BCUT2D eigenvalue weighted by molar-refractivity contribution is 9.10. The van der Waals surface area contributed by atoms with Gasteiger partial charge in [-0.1, -0.05) is 144 Å². The predicted molar refractivity (Wildman–Crippen MR) is 200 cm³/mol. The van der Waals surface area contributed by atoms with Crippen molar-refractivity contribution in [3.8, 4) is 6.07 Å². The van der Waals surface area contributed by atoms with Gasteiger partial charge in [-0.05, 0) is 71.2 Å². The van der Waals surface area contributed by atoms with Crippen LogP contribution in [0.25, 0.3) is 0 Å². The number of carbonyl (C=O) groups is 2. The molecule has 0 aliphatic heterocycles. The summed E-state index contributed by atoms with van der Waals surface area (Å²) in [5.41, 5.74) is 3.84. The lowest BCUT2D eigenvalue weighted by Gasteiger charge is -2.26. The maximum atomic E-state index is 12.5. The topological polar surface area (TPSA) is 109 Å². The zero-order valence-corrected chi connectivity index (χ0v) is 31.4. The first-order chi connectivity index (χ1) is 23.5. The second-order valence-electron chi connectivity index (χ2n) is 12.4. The Kier molecular flexibility index (Phi) is 16.7. The first kappa shape index (κ1) is 39.6. The number of rotatable bonds is 15. The molecule has 7 nitrogen and oxygen atoms in total. The molecule has 0 aliphatic carbocycles. The summed E-state index contributed by atoms with van der Waals surface area (Å²) >= 11 is 6.87. The molecule has 0 spiro atoms. The van der Waals surface area contributed by atoms with Crippen LogP contribution in [-0.2, 0) is 19.1 Å². The van der Waals surface area contributed by atoms with Crippen LogP contribution in [0.4, 0.5) is 0 Å². The third-order valence-electron chi connectivity index (χ3n) is 7.43. The number of carbonyl (C=O) groups excluding carboxylic acids is 1. The normalized spacial score (nSPS) is 13.4. The molecule has 2 N–H and O–H groups in total. The van der Waals surface area contributed by atoms with E-state index < -0.39 is 24.3 Å². The van der Waals surface area contributed by atoms with Crippen molar-refractivity contribution in [3.05, 3.63) is 140 Å². The highest BCUT2D eigenvalue weighted by Crippen LogP contribution is 2.31. The molecular formula is C40H44Br2N2O5. The van der Waals surface area contributed by atoms with Crippen molar-refractivity contribution >= 4 is 43.7 Å². The molecule has 4 aromatic carbocycles. The van der Waals surface area contributed by atoms with Gasteiger partial charge < -0.3 is 19.9 Å². The van der Waals surface area contributed by atoms with E-state index in [2.05, 4.69) is 37.2 Å². The molecule has 258 valence electrons. The number of hydrogen-bond donors (Lipinski definition) is 2. The Labute approximate surface area is 306 Å². The van der Waals surface area contributed by atoms with Gasteiger partial charge in [-0.15, -0.1) is 0 Å². The highest BCUT2D eigenvalue weighted by Gasteiger charge is 2.27. The van der Waals surface area contributed by atoms with Crippen LogP contribution in [0.15, 0.2) is 118 Å². The van der Waals surface area contributed by atoms with Crippen molar-refractivity contribution in [2.24, 2.45) is 11.8 Å². The van der Waals surface area contributed by atoms with Crippen LogP contribution in [-0.4, -0.2) is 35.7 Å². The Hall–Kier alpha value is -3.81. The molecule has 4 aromatic rings. The third-order valence-corrected chi connectivity index (χ3v) is 8.49. The summed E-state index contributed by atoms with van der Waals surface area (Å²) in [7, 11) is 0. The minimum Gasteiger partial charge on any atom is -0.479 e. The van der Waals surface area contributed by atoms with Crippen LogP contribution in [0.1, 0.15) is 75.0 Å². The number of nitriles is 1. The Morgan fingerprint density at radius 2 is 1.02 bits per heavy atom. The van der Waals surface area contributed by atoms with E-state index in [-0.39, 0.29) is 30.4 Å². The lowest BCUT2D eigenvalue weighted by molar-refractivity contribution is -0.154. The van der Waals surface area contributed by atoms with E-state index in [1.165, 1.54) is 0 Å². The van der Waals surface area contributed by atoms with E-state index in [4.69, 9.17) is 14.7 Å². The fraction of sp³-hybridized carbons (Fsp3) is 0.325. The van der Waals surface area contributed by atoms with Gasteiger partial charge >= 0.3 is 5.97 Å². The minimum atomic E-state index is -0.920. The molecule has 4 atom stereocenters. The van der Waals surface area contributed by atoms with Gasteiger partial charge in [-0.3, -0.25) is 4.79 Å². The first-order valence-electron chi connectivity index (χ1n) is 16.3. The summed E-state index contributed by atoms with van der Waals surface area (Å²) in [6, 6.07) is 37.2. The number of aliphatic carboxylic acids is 1. The van der Waals surface area contributed by atoms with Crippen molar-refractivity contribution in [2.75, 3.05) is 6.54 Å². The zero-order chi connectivity index (χ0) is 35.8. The fourth-order valence-electron chi connectivity index (χ4n) is 5.09. The van der Waals surface area contributed by atoms with Crippen molar-refractivity contribution in [1.82, 2.24) is 5.32 Å². The number of hydrogen-bond acceptors (Lipinski definition) is 5. The maximum Gasteiger partial charge on any atom is 0.332 e. The van der Waals surface area contributed by atoms with Crippen molar-refractivity contribution in [1.29, 1.82) is 5.26 Å². The van der Waals surface area contributed by atoms with Crippen LogP contribution >= 0.6 is 31.9 Å². The molecular weight excluding hydrogens is 748 g/mol. The molecule has 0 aliphatic rings. The molecule has 1 amide bonds. The van der Waals surface area contributed by atoms with E-state index in [1.54, 1.807) is 0 Å². The minimum absolute atomic E-state index is 0.0227. The molecule has 0 radical (unpaired) electrons. The number of carboxylic acids is 1. The van der Waals surface area contributed by atoms with Gasteiger partial charge in [0.15, 0.2) is 6.10 Å². The number of halogens is 2. The summed E-state index contributed by atoms with van der Waals surface area (Å²) in [5.74, 6) is -0.637. The van der Waals surface area contributed by atoms with Crippen molar-refractivity contribution in [3.63, 3.8) is 0 Å². The largest absolute Gasteiger partial charge is 0.479 e. The maximum absolute atomic E-state index is 12.5. The molecule has 49 heavy (non-hydrogen) atoms. The van der Waals surface area contributed by atoms with E-state index in [0.29, 0.717) is 12.8 Å². The number of ether oxygens (including phenoxy) is 2. The Morgan fingerprint density at radius 1 is 0.653 bits per heavy atom. The Balaban J connectivity index is 0.000000267. The quantitative estimate of drug-likeness (QED) is 0.116. The summed E-state index contributed by atoms with van der Waals surface area (Å²) < 4.78 is 14.3. The monoisotopic (exact) mass is 790 g/mol. The van der Waals surface area contributed by atoms with Crippen LogP contribution in [0, 0.1) is 23.2 Å². The highest BCUT2D eigenvalue weighted by atomic mass is 79.9. The average molecular weight is 793 g/mol. The summed E-state index contributed by atoms with van der Waals surface area (Å²) in [6.45, 7) is 8.06. The van der Waals surface area contributed by atoms with Crippen molar-refractivity contribution in [2.45, 2.75) is 65.0 Å². The molecule has 0 aromatic heterocycles. The Morgan fingerprint density at radius 3 is 1.39 bits per heavy atom. The lowest BCUT2D eigenvalue weighted by atomic mass is 10.00. The van der Waals surface area contributed by atoms with Gasteiger partial charge in [0.05, 0.1) is 6.07 Å². The summed E-state index contributed by atoms with van der Waals surface area (Å²) in [6.07, 6.45) is -1.15. The van der Waals surface area contributed by atoms with Gasteiger partial charge in [0.2, 0.25) is 5.91 Å². The fourth-order valence-corrected chi connectivity index (χ4v) is 5.62. The number of carboxylic acid groups (broad SMARTS) is 1. The number of nitrogens with zero attached hydrogens (tertiary/aromatic N) is 1. The molecule has 9 heteroatoms. The van der Waals surface area contributed by atoms with Crippen LogP contribution in [0.3, 0.4) is 0 Å². The predicted octanol–water partition coefficient (Wildman–Crippen LogP) is 9.66. The van der Waals surface area contributed by atoms with E-state index in [0.717, 1.165) is 31.2 Å². The zero-order valence-electron chi connectivity index (χ0n) is 28.3. The number of nitrogens with one attached hydrogen (secondary N) is 1. The average Bonchev–Trinajstić information content (AvgIpc) is 3.09. The SMILES string of the molecule is CC(C)C[C@H](O[C@H](c1ccccc1)c1ccc(Br)cc1)C(=O)NCC#N.CC(C)C[C@H](O[C@H](c1ccccc1)c1ccc(Br)cc1)C(=O)O. The Bertz CT molecular complexity index is 1610. The molecule has 0 saturated carbocycles. The number of benzene rings is 4. The first-order valence-corrected chi connectivity index (χ1v) is 17.9. The van der Waals surface area contributed by atoms with E-state index >= 15 is 0 Å². The van der Waals surface area contributed by atoms with Gasteiger partial charge in [-0.2, -0.15) is 5.26 Å². The molecule has 0 fully saturated rings. The molecule has 4 rings (SSSR count). The van der Waals surface area contributed by atoms with Crippen LogP contribution in [0.5, 0.6) is 0 Å². The second-order valence-corrected chi connectivity index (χ2v) is 14.2. The smallest absolute Gasteiger partial charge is 0.332 e. The van der Waals surface area contributed by atoms with Gasteiger partial charge in [0.1, 0.15) is 24.9 Å². The number of amides is 1. The van der Waals surface area contributed by atoms with E-state index in [1.807, 2.05) is 143 Å². The van der Waals surface area contributed by atoms with Crippen LogP contribution in [0.2, 0.25) is 0 Å². The van der Waals surface area contributed by atoms with Gasteiger partial charge in [0, 0.05) is 8.95 Å². The standard InChI is InChI=1S/C21H23BrN2O2.C19H21BrO3/c1-15(2)14-19(21(25)24-13-12-23)26-20(16-6-4-3-5-7-16)17-8-10-18(22)11-9-17;1-13(2)12-17(19(21)22)23-18(14-6-4-3-5-7-14)15-8-10-16(20)11-9-15/h3-11,15,19-20H,13-14H2,1-2H3,(H,24,25);3-11,13,17-18H,12H2,1-2H3,(H,21,22)/t19-,20+;17-,18+/m00/s1. The van der Waals surface area contributed by atoms with Gasteiger partial charge in [-0.25, -0.2) is 4.79 Å². The van der Waals surface area contributed by atoms with Crippen LogP contribution < -0.4 is 5.32 Å². The molecule has 0 bridgehead atoms. The molecule has 0 unspecified atom stereocenters. The summed E-state index contributed by atoms with van der Waals surface area (Å²) in [5, 5.41) is 20.8. The van der Waals surface area contributed by atoms with E-state index in [9.17, 15) is 14.7 Å².